The zero-order valence-electron chi connectivity index (χ0n) is 9.67. The molecule has 1 N–H and O–H groups in total. The number of benzene rings is 1. The molecule has 1 heterocycles. The van der Waals surface area contributed by atoms with Gasteiger partial charge in [0.1, 0.15) is 11.6 Å². The summed E-state index contributed by atoms with van der Waals surface area (Å²) >= 11 is 3.31. The molecule has 1 aromatic rings. The first-order chi connectivity index (χ1) is 8.20. The van der Waals surface area contributed by atoms with Crippen LogP contribution in [0, 0.1) is 5.82 Å². The Morgan fingerprint density at radius 2 is 2.29 bits per heavy atom. The fourth-order valence-corrected chi connectivity index (χ4v) is 2.45. The van der Waals surface area contributed by atoms with E-state index in [9.17, 15) is 4.39 Å². The van der Waals surface area contributed by atoms with Gasteiger partial charge in [0.15, 0.2) is 0 Å². The van der Waals surface area contributed by atoms with Crippen molar-refractivity contribution in [1.29, 1.82) is 0 Å². The summed E-state index contributed by atoms with van der Waals surface area (Å²) in [5.41, 5.74) is 0.881. The highest BCUT2D eigenvalue weighted by Gasteiger charge is 2.20. The van der Waals surface area contributed by atoms with E-state index in [2.05, 4.69) is 27.3 Å². The molecule has 1 aromatic carbocycles. The minimum Gasteiger partial charge on any atom is -0.496 e. The van der Waals surface area contributed by atoms with Crippen LogP contribution in [0.15, 0.2) is 34.5 Å². The van der Waals surface area contributed by atoms with E-state index in [1.165, 1.54) is 6.07 Å². The average molecular weight is 300 g/mol. The topological polar surface area (TPSA) is 21.3 Å². The van der Waals surface area contributed by atoms with E-state index in [0.717, 1.165) is 28.8 Å². The third-order valence-corrected chi connectivity index (χ3v) is 3.10. The molecule has 2 rings (SSSR count). The van der Waals surface area contributed by atoms with Gasteiger partial charge in [0, 0.05) is 10.9 Å². The van der Waals surface area contributed by atoms with Crippen LogP contribution in [0.3, 0.4) is 0 Å². The summed E-state index contributed by atoms with van der Waals surface area (Å²) < 4.78 is 19.7. The molecule has 1 atom stereocenters. The van der Waals surface area contributed by atoms with Crippen LogP contribution in [0.2, 0.25) is 0 Å². The molecule has 1 aliphatic heterocycles. The number of ether oxygens (including phenoxy) is 1. The second-order valence-electron chi connectivity index (χ2n) is 3.94. The van der Waals surface area contributed by atoms with Gasteiger partial charge in [-0.25, -0.2) is 4.39 Å². The van der Waals surface area contributed by atoms with Gasteiger partial charge in [0.25, 0.3) is 0 Å². The van der Waals surface area contributed by atoms with E-state index in [-0.39, 0.29) is 11.9 Å². The maximum absolute atomic E-state index is 13.4. The molecular formula is C13H15BrFNO. The Bertz CT molecular complexity index is 413. The van der Waals surface area contributed by atoms with Crippen LogP contribution in [-0.4, -0.2) is 13.2 Å². The van der Waals surface area contributed by atoms with E-state index < -0.39 is 0 Å². The van der Waals surface area contributed by atoms with Gasteiger partial charge >= 0.3 is 0 Å². The van der Waals surface area contributed by atoms with Gasteiger partial charge in [0.2, 0.25) is 0 Å². The SMILES string of the molecule is CCNC(C1=CCCO1)c1cc(F)cc(Br)c1. The predicted molar refractivity (Wildman–Crippen MR) is 69.2 cm³/mol. The molecule has 0 bridgehead atoms. The Morgan fingerprint density at radius 3 is 2.88 bits per heavy atom. The van der Waals surface area contributed by atoms with Crippen LogP contribution in [0.5, 0.6) is 0 Å². The van der Waals surface area contributed by atoms with Crippen molar-refractivity contribution < 1.29 is 9.13 Å². The molecular weight excluding hydrogens is 285 g/mol. The predicted octanol–water partition coefficient (Wildman–Crippen LogP) is 3.54. The van der Waals surface area contributed by atoms with Crippen molar-refractivity contribution in [3.63, 3.8) is 0 Å². The molecule has 0 radical (unpaired) electrons. The largest absolute Gasteiger partial charge is 0.496 e. The number of hydrogen-bond donors (Lipinski definition) is 1. The Morgan fingerprint density at radius 1 is 1.47 bits per heavy atom. The number of hydrogen-bond acceptors (Lipinski definition) is 2. The summed E-state index contributed by atoms with van der Waals surface area (Å²) in [6, 6.07) is 4.85. The minimum absolute atomic E-state index is 0.0606. The lowest BCUT2D eigenvalue weighted by atomic mass is 10.0. The first kappa shape index (κ1) is 12.6. The summed E-state index contributed by atoms with van der Waals surface area (Å²) in [5, 5.41) is 3.31. The molecule has 0 aliphatic carbocycles. The van der Waals surface area contributed by atoms with Crippen LogP contribution < -0.4 is 5.32 Å². The summed E-state index contributed by atoms with van der Waals surface area (Å²) in [4.78, 5) is 0. The van der Waals surface area contributed by atoms with Gasteiger partial charge in [-0.2, -0.15) is 0 Å². The van der Waals surface area contributed by atoms with E-state index in [1.54, 1.807) is 6.07 Å². The second kappa shape index (κ2) is 5.65. The lowest BCUT2D eigenvalue weighted by molar-refractivity contribution is 0.216. The molecule has 0 spiro atoms. The molecule has 1 aliphatic rings. The standard InChI is InChI=1S/C13H15BrFNO/c1-2-16-13(12-4-3-5-17-12)9-6-10(14)8-11(15)7-9/h4,6-8,13,16H,2-3,5H2,1H3. The van der Waals surface area contributed by atoms with Crippen molar-refractivity contribution >= 4 is 15.9 Å². The third kappa shape index (κ3) is 3.07. The van der Waals surface area contributed by atoms with Crippen molar-refractivity contribution in [1.82, 2.24) is 5.32 Å². The smallest absolute Gasteiger partial charge is 0.124 e. The van der Waals surface area contributed by atoms with Crippen LogP contribution in [0.4, 0.5) is 4.39 Å². The highest BCUT2D eigenvalue weighted by molar-refractivity contribution is 9.10. The van der Waals surface area contributed by atoms with Crippen LogP contribution >= 0.6 is 15.9 Å². The van der Waals surface area contributed by atoms with Crippen LogP contribution in [0.1, 0.15) is 24.9 Å². The zero-order valence-corrected chi connectivity index (χ0v) is 11.3. The van der Waals surface area contributed by atoms with Gasteiger partial charge in [-0.3, -0.25) is 0 Å². The molecule has 0 amide bonds. The Balaban J connectivity index is 2.31. The number of rotatable bonds is 4. The highest BCUT2D eigenvalue weighted by Crippen LogP contribution is 2.28. The quantitative estimate of drug-likeness (QED) is 0.918. The summed E-state index contributed by atoms with van der Waals surface area (Å²) in [6.07, 6.45) is 2.99. The van der Waals surface area contributed by atoms with Crippen LogP contribution in [0.25, 0.3) is 0 Å². The Kier molecular flexibility index (Phi) is 4.18. The van der Waals surface area contributed by atoms with Gasteiger partial charge < -0.3 is 10.1 Å². The zero-order chi connectivity index (χ0) is 12.3. The summed E-state index contributed by atoms with van der Waals surface area (Å²) in [6.45, 7) is 3.55. The van der Waals surface area contributed by atoms with E-state index >= 15 is 0 Å². The number of nitrogens with one attached hydrogen (secondary N) is 1. The molecule has 0 fully saturated rings. The third-order valence-electron chi connectivity index (χ3n) is 2.64. The van der Waals surface area contributed by atoms with Crippen molar-refractivity contribution in [2.24, 2.45) is 0 Å². The van der Waals surface area contributed by atoms with Crippen molar-refractivity contribution in [3.8, 4) is 0 Å². The second-order valence-corrected chi connectivity index (χ2v) is 4.85. The normalized spacial score (nSPS) is 16.5. The maximum atomic E-state index is 13.4. The Hall–Kier alpha value is -0.870. The number of halogens is 2. The van der Waals surface area contributed by atoms with Crippen molar-refractivity contribution in [2.45, 2.75) is 19.4 Å². The fourth-order valence-electron chi connectivity index (χ4n) is 1.97. The summed E-state index contributed by atoms with van der Waals surface area (Å²) in [7, 11) is 0. The number of likely N-dealkylation sites (N-methyl/N-ethyl adjacent to an activating group) is 1. The lowest BCUT2D eigenvalue weighted by Crippen LogP contribution is -2.23. The van der Waals surface area contributed by atoms with E-state index in [1.807, 2.05) is 13.0 Å². The maximum Gasteiger partial charge on any atom is 0.124 e. The first-order valence-corrected chi connectivity index (χ1v) is 6.52. The van der Waals surface area contributed by atoms with Gasteiger partial charge in [-0.15, -0.1) is 0 Å². The molecule has 92 valence electrons. The molecule has 0 saturated heterocycles. The molecule has 0 aromatic heterocycles. The lowest BCUT2D eigenvalue weighted by Gasteiger charge is -2.19. The molecule has 2 nitrogen and oxygen atoms in total. The minimum atomic E-state index is -0.240. The van der Waals surface area contributed by atoms with Gasteiger partial charge in [-0.1, -0.05) is 22.9 Å². The van der Waals surface area contributed by atoms with Gasteiger partial charge in [0.05, 0.1) is 12.6 Å². The fraction of sp³-hybridized carbons (Fsp3) is 0.385. The average Bonchev–Trinajstić information content (AvgIpc) is 2.77. The monoisotopic (exact) mass is 299 g/mol. The van der Waals surface area contributed by atoms with Crippen LogP contribution in [-0.2, 0) is 4.74 Å². The van der Waals surface area contributed by atoms with E-state index in [0.29, 0.717) is 6.61 Å². The molecule has 4 heteroatoms. The summed E-state index contributed by atoms with van der Waals surface area (Å²) in [5.74, 6) is 0.653. The molecule has 1 unspecified atom stereocenters. The van der Waals surface area contributed by atoms with Crippen molar-refractivity contribution in [3.05, 3.63) is 45.9 Å². The molecule has 0 saturated carbocycles. The van der Waals surface area contributed by atoms with E-state index in [4.69, 9.17) is 4.74 Å². The molecule has 17 heavy (non-hydrogen) atoms. The first-order valence-electron chi connectivity index (χ1n) is 5.73. The van der Waals surface area contributed by atoms with Crippen molar-refractivity contribution in [2.75, 3.05) is 13.2 Å². The Labute approximate surface area is 109 Å². The van der Waals surface area contributed by atoms with Gasteiger partial charge in [-0.05, 0) is 36.4 Å². The highest BCUT2D eigenvalue weighted by atomic mass is 79.9.